The number of halogens is 1. The SMILES string of the molecule is C[C@@H]1CNCCN1c1nc(C(=O)NC2C3CC4CC2CC(O)(C4)C3)ccc1F. The number of nitrogens with one attached hydrogen (secondary N) is 2. The predicted octanol–water partition coefficient (Wildman–Crippen LogP) is 1.69. The molecule has 6 nitrogen and oxygen atoms in total. The molecule has 1 saturated heterocycles. The molecule has 1 aromatic rings. The lowest BCUT2D eigenvalue weighted by Crippen LogP contribution is -2.61. The lowest BCUT2D eigenvalue weighted by molar-refractivity contribution is -0.136. The number of hydrogen-bond donors (Lipinski definition) is 3. The van der Waals surface area contributed by atoms with Gasteiger partial charge in [-0.1, -0.05) is 0 Å². The van der Waals surface area contributed by atoms with E-state index >= 15 is 0 Å². The number of piperazine rings is 1. The van der Waals surface area contributed by atoms with Crippen LogP contribution in [0.15, 0.2) is 12.1 Å². The minimum Gasteiger partial charge on any atom is -0.390 e. The number of anilines is 1. The van der Waals surface area contributed by atoms with Crippen LogP contribution in [-0.2, 0) is 0 Å². The molecule has 2 unspecified atom stereocenters. The molecule has 0 spiro atoms. The highest BCUT2D eigenvalue weighted by atomic mass is 19.1. The van der Waals surface area contributed by atoms with Gasteiger partial charge in [-0.25, -0.2) is 9.37 Å². The molecule has 28 heavy (non-hydrogen) atoms. The van der Waals surface area contributed by atoms with Crippen molar-refractivity contribution in [2.45, 2.75) is 56.7 Å². The van der Waals surface area contributed by atoms with E-state index in [1.54, 1.807) is 0 Å². The van der Waals surface area contributed by atoms with Gasteiger partial charge in [0.05, 0.1) is 5.60 Å². The van der Waals surface area contributed by atoms with Gasteiger partial charge in [-0.3, -0.25) is 4.79 Å². The van der Waals surface area contributed by atoms with Gasteiger partial charge < -0.3 is 20.6 Å². The van der Waals surface area contributed by atoms with Crippen LogP contribution in [0, 0.1) is 23.6 Å². The maximum absolute atomic E-state index is 14.4. The Labute approximate surface area is 164 Å². The van der Waals surface area contributed by atoms with E-state index in [4.69, 9.17) is 0 Å². The number of amides is 1. The van der Waals surface area contributed by atoms with E-state index in [-0.39, 0.29) is 35.3 Å². The smallest absolute Gasteiger partial charge is 0.270 e. The Morgan fingerprint density at radius 2 is 2.07 bits per heavy atom. The van der Waals surface area contributed by atoms with Gasteiger partial charge >= 0.3 is 0 Å². The fourth-order valence-electron chi connectivity index (χ4n) is 6.36. The fraction of sp³-hybridized carbons (Fsp3) is 0.714. The summed E-state index contributed by atoms with van der Waals surface area (Å²) in [7, 11) is 0. The van der Waals surface area contributed by atoms with Crippen molar-refractivity contribution in [1.29, 1.82) is 0 Å². The molecule has 0 aromatic carbocycles. The summed E-state index contributed by atoms with van der Waals surface area (Å²) in [6.07, 6.45) is 4.66. The largest absolute Gasteiger partial charge is 0.390 e. The number of aromatic nitrogens is 1. The summed E-state index contributed by atoms with van der Waals surface area (Å²) in [5.41, 5.74) is -0.244. The van der Waals surface area contributed by atoms with Crippen LogP contribution in [-0.4, -0.2) is 53.3 Å². The van der Waals surface area contributed by atoms with Crippen molar-refractivity contribution in [2.75, 3.05) is 24.5 Å². The molecular weight excluding hydrogens is 359 g/mol. The summed E-state index contributed by atoms with van der Waals surface area (Å²) in [5.74, 6) is 0.929. The van der Waals surface area contributed by atoms with Gasteiger partial charge in [-0.15, -0.1) is 0 Å². The molecule has 1 aromatic heterocycles. The summed E-state index contributed by atoms with van der Waals surface area (Å²) < 4.78 is 14.4. The van der Waals surface area contributed by atoms with E-state index in [0.717, 1.165) is 45.2 Å². The van der Waals surface area contributed by atoms with Crippen molar-refractivity contribution in [3.63, 3.8) is 0 Å². The molecule has 1 amide bonds. The summed E-state index contributed by atoms with van der Waals surface area (Å²) in [5, 5.41) is 17.2. The summed E-state index contributed by atoms with van der Waals surface area (Å²) in [4.78, 5) is 19.3. The molecule has 4 saturated carbocycles. The van der Waals surface area contributed by atoms with Crippen LogP contribution in [0.25, 0.3) is 0 Å². The van der Waals surface area contributed by atoms with Crippen molar-refractivity contribution in [3.8, 4) is 0 Å². The first kappa shape index (κ1) is 18.3. The van der Waals surface area contributed by atoms with Gasteiger partial charge in [0.25, 0.3) is 5.91 Å². The quantitative estimate of drug-likeness (QED) is 0.735. The van der Waals surface area contributed by atoms with Gasteiger partial charge in [-0.2, -0.15) is 0 Å². The van der Waals surface area contributed by atoms with Crippen molar-refractivity contribution in [1.82, 2.24) is 15.6 Å². The first-order valence-corrected chi connectivity index (χ1v) is 10.6. The second kappa shape index (κ2) is 6.66. The van der Waals surface area contributed by atoms with E-state index in [1.165, 1.54) is 12.1 Å². The standard InChI is InChI=1S/C21H29FN4O2/c1-12-11-23-4-5-26(12)19-16(22)2-3-17(24-19)20(27)25-18-14-6-13-7-15(18)10-21(28,8-13)9-14/h2-3,12-15,18,23,28H,4-11H2,1H3,(H,25,27)/t12-,13?,14?,15?,18?,21?/m1/s1. The molecule has 4 bridgehead atoms. The zero-order chi connectivity index (χ0) is 19.5. The first-order valence-electron chi connectivity index (χ1n) is 10.6. The molecule has 6 rings (SSSR count). The molecule has 4 aliphatic carbocycles. The molecular formula is C21H29FN4O2. The lowest BCUT2D eigenvalue weighted by atomic mass is 9.52. The number of rotatable bonds is 3. The predicted molar refractivity (Wildman–Crippen MR) is 104 cm³/mol. The van der Waals surface area contributed by atoms with Crippen molar-refractivity contribution < 1.29 is 14.3 Å². The normalized spacial score (nSPS) is 39.2. The second-order valence-electron chi connectivity index (χ2n) is 9.44. The third kappa shape index (κ3) is 3.08. The average Bonchev–Trinajstić information content (AvgIpc) is 2.64. The van der Waals surface area contributed by atoms with Gasteiger partial charge in [0.2, 0.25) is 0 Å². The third-order valence-corrected chi connectivity index (χ3v) is 7.37. The monoisotopic (exact) mass is 388 g/mol. The van der Waals surface area contributed by atoms with E-state index in [1.807, 2.05) is 11.8 Å². The van der Waals surface area contributed by atoms with Crippen LogP contribution < -0.4 is 15.5 Å². The van der Waals surface area contributed by atoms with E-state index in [2.05, 4.69) is 15.6 Å². The maximum Gasteiger partial charge on any atom is 0.270 e. The zero-order valence-electron chi connectivity index (χ0n) is 16.3. The van der Waals surface area contributed by atoms with Gasteiger partial charge in [0.15, 0.2) is 11.6 Å². The molecule has 7 heteroatoms. The molecule has 3 atom stereocenters. The summed E-state index contributed by atoms with van der Waals surface area (Å²) in [6.45, 7) is 4.24. The topological polar surface area (TPSA) is 77.5 Å². The number of nitrogens with zero attached hydrogens (tertiary/aromatic N) is 2. The van der Waals surface area contributed by atoms with Crippen molar-refractivity contribution in [2.24, 2.45) is 17.8 Å². The van der Waals surface area contributed by atoms with E-state index in [9.17, 15) is 14.3 Å². The Bertz CT molecular complexity index is 772. The number of pyridine rings is 1. The summed E-state index contributed by atoms with van der Waals surface area (Å²) >= 11 is 0. The second-order valence-corrected chi connectivity index (χ2v) is 9.44. The Kier molecular flexibility index (Phi) is 4.36. The molecule has 152 valence electrons. The molecule has 0 radical (unpaired) electrons. The van der Waals surface area contributed by atoms with Crippen LogP contribution in [0.3, 0.4) is 0 Å². The number of aliphatic hydroxyl groups is 1. The van der Waals surface area contributed by atoms with Crippen LogP contribution in [0.5, 0.6) is 0 Å². The van der Waals surface area contributed by atoms with Crippen LogP contribution in [0.1, 0.15) is 49.5 Å². The van der Waals surface area contributed by atoms with E-state index in [0.29, 0.717) is 24.3 Å². The summed E-state index contributed by atoms with van der Waals surface area (Å²) in [6, 6.07) is 3.05. The highest BCUT2D eigenvalue weighted by Crippen LogP contribution is 2.55. The lowest BCUT2D eigenvalue weighted by Gasteiger charge is -2.58. The fourth-order valence-corrected chi connectivity index (χ4v) is 6.36. The highest BCUT2D eigenvalue weighted by molar-refractivity contribution is 5.93. The third-order valence-electron chi connectivity index (χ3n) is 7.37. The average molecular weight is 388 g/mol. The van der Waals surface area contributed by atoms with Crippen molar-refractivity contribution >= 4 is 11.7 Å². The minimum atomic E-state index is -0.516. The number of carbonyl (C=O) groups excluding carboxylic acids is 1. The number of hydrogen-bond acceptors (Lipinski definition) is 5. The zero-order valence-corrected chi connectivity index (χ0v) is 16.3. The molecule has 3 N–H and O–H groups in total. The molecule has 5 fully saturated rings. The van der Waals surface area contributed by atoms with Crippen LogP contribution in [0.2, 0.25) is 0 Å². The van der Waals surface area contributed by atoms with E-state index < -0.39 is 5.60 Å². The first-order chi connectivity index (χ1) is 13.4. The minimum absolute atomic E-state index is 0.0951. The van der Waals surface area contributed by atoms with Crippen LogP contribution in [0.4, 0.5) is 10.2 Å². The number of carbonyl (C=O) groups is 1. The Morgan fingerprint density at radius 1 is 1.32 bits per heavy atom. The highest BCUT2D eigenvalue weighted by Gasteiger charge is 2.55. The van der Waals surface area contributed by atoms with Gasteiger partial charge in [0.1, 0.15) is 5.69 Å². The van der Waals surface area contributed by atoms with Crippen LogP contribution >= 0.6 is 0 Å². The van der Waals surface area contributed by atoms with Gasteiger partial charge in [-0.05, 0) is 68.9 Å². The Hall–Kier alpha value is -1.73. The van der Waals surface area contributed by atoms with Gasteiger partial charge in [0, 0.05) is 31.7 Å². The Morgan fingerprint density at radius 3 is 2.75 bits per heavy atom. The molecule has 1 aliphatic heterocycles. The van der Waals surface area contributed by atoms with Crippen molar-refractivity contribution in [3.05, 3.63) is 23.6 Å². The maximum atomic E-state index is 14.4. The molecule has 5 aliphatic rings. The molecule has 2 heterocycles. The Balaban J connectivity index is 1.34.